The molecule has 0 radical (unpaired) electrons. The Kier molecular flexibility index (Phi) is 16.4. The Balaban J connectivity index is 0.000000642. The molecule has 0 amide bonds. The van der Waals surface area contributed by atoms with Gasteiger partial charge in [-0.2, -0.15) is 0 Å². The third kappa shape index (κ3) is 17.0. The van der Waals surface area contributed by atoms with Crippen LogP contribution in [0.25, 0.3) is 33.6 Å². The molecular formula is C32H40B2F8N4. The van der Waals surface area contributed by atoms with Crippen LogP contribution in [0, 0.1) is 0 Å². The zero-order valence-corrected chi connectivity index (χ0v) is 26.1. The van der Waals surface area contributed by atoms with Gasteiger partial charge in [-0.1, -0.05) is 51.7 Å². The Morgan fingerprint density at radius 1 is 0.457 bits per heavy atom. The maximum absolute atomic E-state index is 9.75. The van der Waals surface area contributed by atoms with Gasteiger partial charge in [0.25, 0.3) is 0 Å². The summed E-state index contributed by atoms with van der Waals surface area (Å²) in [6.45, 7) is 6.66. The van der Waals surface area contributed by atoms with E-state index in [2.05, 4.69) is 96.3 Å². The molecule has 14 heteroatoms. The van der Waals surface area contributed by atoms with Crippen molar-refractivity contribution in [1.29, 1.82) is 0 Å². The van der Waals surface area contributed by atoms with Crippen molar-refractivity contribution in [2.24, 2.45) is 0 Å². The van der Waals surface area contributed by atoms with Gasteiger partial charge < -0.3 is 34.5 Å². The maximum Gasteiger partial charge on any atom is 0.673 e. The third-order valence-electron chi connectivity index (χ3n) is 6.77. The quantitative estimate of drug-likeness (QED) is 0.0623. The third-order valence-corrected chi connectivity index (χ3v) is 6.77. The van der Waals surface area contributed by atoms with Crippen molar-refractivity contribution in [3.8, 4) is 33.6 Å². The number of nitrogens with zero attached hydrogens (tertiary/aromatic N) is 4. The lowest BCUT2D eigenvalue weighted by molar-refractivity contribution is -0.697. The van der Waals surface area contributed by atoms with E-state index in [0.29, 0.717) is 0 Å². The van der Waals surface area contributed by atoms with Crippen LogP contribution in [-0.2, 0) is 13.1 Å². The second kappa shape index (κ2) is 19.6. The van der Waals surface area contributed by atoms with Gasteiger partial charge in [0.1, 0.15) is 13.1 Å². The lowest BCUT2D eigenvalue weighted by Crippen LogP contribution is -2.32. The van der Waals surface area contributed by atoms with Gasteiger partial charge in [0.05, 0.1) is 11.4 Å². The van der Waals surface area contributed by atoms with Crippen LogP contribution in [0.1, 0.15) is 65.2 Å². The SMILES string of the molecule is CCCCCC[n+]1ccc(-c2ccc(-c3ccc(-c4cc[n+](CCCCCC)cc4)nc3)cn2)cc1.F[B-](F)(F)F.F[B-](F)(F)F. The van der Waals surface area contributed by atoms with Crippen molar-refractivity contribution in [3.63, 3.8) is 0 Å². The monoisotopic (exact) mass is 654 g/mol. The Bertz CT molecular complexity index is 1260. The first-order valence-corrected chi connectivity index (χ1v) is 15.4. The highest BCUT2D eigenvalue weighted by Gasteiger charge is 2.21. The van der Waals surface area contributed by atoms with E-state index >= 15 is 0 Å². The minimum absolute atomic E-state index is 0.994. The zero-order valence-electron chi connectivity index (χ0n) is 26.1. The van der Waals surface area contributed by atoms with E-state index < -0.39 is 14.5 Å². The van der Waals surface area contributed by atoms with E-state index in [1.807, 2.05) is 12.4 Å². The highest BCUT2D eigenvalue weighted by Crippen LogP contribution is 2.24. The summed E-state index contributed by atoms with van der Waals surface area (Å²) in [7, 11) is -12.0. The van der Waals surface area contributed by atoms with Crippen molar-refractivity contribution in [3.05, 3.63) is 85.7 Å². The number of hydrogen-bond donors (Lipinski definition) is 0. The lowest BCUT2D eigenvalue weighted by Gasteiger charge is -2.06. The molecule has 250 valence electrons. The number of halogens is 8. The molecule has 4 rings (SSSR count). The number of unbranched alkanes of at least 4 members (excludes halogenated alkanes) is 6. The van der Waals surface area contributed by atoms with Crippen LogP contribution in [0.5, 0.6) is 0 Å². The number of pyridine rings is 4. The van der Waals surface area contributed by atoms with Crippen molar-refractivity contribution in [2.45, 2.75) is 78.3 Å². The number of aromatic nitrogens is 4. The fraction of sp³-hybridized carbons (Fsp3) is 0.375. The molecule has 0 saturated heterocycles. The average molecular weight is 654 g/mol. The Labute approximate surface area is 265 Å². The van der Waals surface area contributed by atoms with Crippen molar-refractivity contribution < 1.29 is 43.7 Å². The van der Waals surface area contributed by atoms with Crippen LogP contribution in [-0.4, -0.2) is 24.5 Å². The molecule has 0 aliphatic carbocycles. The van der Waals surface area contributed by atoms with Gasteiger partial charge in [0.15, 0.2) is 24.8 Å². The second-order valence-electron chi connectivity index (χ2n) is 10.6. The summed E-state index contributed by atoms with van der Waals surface area (Å²) < 4.78 is 82.5. The van der Waals surface area contributed by atoms with E-state index in [1.165, 1.54) is 51.4 Å². The first-order chi connectivity index (χ1) is 21.8. The molecule has 4 aromatic heterocycles. The van der Waals surface area contributed by atoms with E-state index in [4.69, 9.17) is 9.97 Å². The maximum atomic E-state index is 9.75. The fourth-order valence-electron chi connectivity index (χ4n) is 4.47. The number of rotatable bonds is 13. The number of hydrogen-bond acceptors (Lipinski definition) is 2. The minimum Gasteiger partial charge on any atom is -0.418 e. The van der Waals surface area contributed by atoms with Crippen LogP contribution < -0.4 is 9.13 Å². The molecule has 4 nitrogen and oxygen atoms in total. The molecule has 0 bridgehead atoms. The summed E-state index contributed by atoms with van der Waals surface area (Å²) >= 11 is 0. The van der Waals surface area contributed by atoms with Crippen LogP contribution in [0.15, 0.2) is 85.7 Å². The molecule has 0 aromatic carbocycles. The van der Waals surface area contributed by atoms with E-state index in [1.54, 1.807) is 0 Å². The van der Waals surface area contributed by atoms with Crippen molar-refractivity contribution in [2.75, 3.05) is 0 Å². The van der Waals surface area contributed by atoms with E-state index in [0.717, 1.165) is 46.7 Å². The smallest absolute Gasteiger partial charge is 0.418 e. The minimum atomic E-state index is -6.00. The first kappa shape index (κ1) is 38.4. The summed E-state index contributed by atoms with van der Waals surface area (Å²) in [5.41, 5.74) is 6.44. The van der Waals surface area contributed by atoms with Gasteiger partial charge in [-0.25, -0.2) is 9.13 Å². The zero-order chi connectivity index (χ0) is 34.0. The molecule has 0 aliphatic rings. The average Bonchev–Trinajstić information content (AvgIpc) is 3.01. The number of aryl methyl sites for hydroxylation is 2. The summed E-state index contributed by atoms with van der Waals surface area (Å²) in [5.74, 6) is 0. The van der Waals surface area contributed by atoms with Crippen LogP contribution in [0.2, 0.25) is 0 Å². The standard InChI is InChI=1S/C32H40N4.2BF4/c1-3-5-7-9-19-35-21-15-27(16-22-35)31-13-11-29(25-33-31)30-12-14-32(34-26-30)28-17-23-36(24-18-28)20-10-8-6-4-2;2*2-1(3,4)5/h11-18,21-26H,3-10,19-20H2,1-2H3;;/q+2;2*-1. The summed E-state index contributed by atoms with van der Waals surface area (Å²) in [6.07, 6.45) is 22.8. The molecular weight excluding hydrogens is 614 g/mol. The first-order valence-electron chi connectivity index (χ1n) is 15.4. The van der Waals surface area contributed by atoms with Crippen molar-refractivity contribution >= 4 is 14.5 Å². The summed E-state index contributed by atoms with van der Waals surface area (Å²) in [5, 5.41) is 0. The predicted octanol–water partition coefficient (Wildman–Crippen LogP) is 9.81. The predicted molar refractivity (Wildman–Crippen MR) is 167 cm³/mol. The van der Waals surface area contributed by atoms with Gasteiger partial charge >= 0.3 is 14.5 Å². The van der Waals surface area contributed by atoms with Crippen LogP contribution in [0.3, 0.4) is 0 Å². The van der Waals surface area contributed by atoms with Gasteiger partial charge in [0, 0.05) is 71.8 Å². The molecule has 46 heavy (non-hydrogen) atoms. The topological polar surface area (TPSA) is 33.5 Å². The molecule has 0 aliphatic heterocycles. The van der Waals surface area contributed by atoms with E-state index in [-0.39, 0.29) is 0 Å². The molecule has 0 spiro atoms. The Hall–Kier alpha value is -3.83. The highest BCUT2D eigenvalue weighted by atomic mass is 19.5. The summed E-state index contributed by atoms with van der Waals surface area (Å²) in [4.78, 5) is 9.46. The highest BCUT2D eigenvalue weighted by molar-refractivity contribution is 6.50. The normalized spacial score (nSPS) is 11.3. The van der Waals surface area contributed by atoms with Crippen molar-refractivity contribution in [1.82, 2.24) is 9.97 Å². The second-order valence-corrected chi connectivity index (χ2v) is 10.6. The molecule has 0 fully saturated rings. The Morgan fingerprint density at radius 3 is 1.04 bits per heavy atom. The lowest BCUT2D eigenvalue weighted by atomic mass is 10.1. The molecule has 4 heterocycles. The van der Waals surface area contributed by atoms with Crippen LogP contribution in [0.4, 0.5) is 34.5 Å². The van der Waals surface area contributed by atoms with Gasteiger partial charge in [-0.15, -0.1) is 0 Å². The van der Waals surface area contributed by atoms with Gasteiger partial charge in [-0.3, -0.25) is 9.97 Å². The fourth-order valence-corrected chi connectivity index (χ4v) is 4.47. The van der Waals surface area contributed by atoms with Gasteiger partial charge in [0.2, 0.25) is 0 Å². The van der Waals surface area contributed by atoms with Gasteiger partial charge in [-0.05, 0) is 25.0 Å². The van der Waals surface area contributed by atoms with Crippen LogP contribution >= 0.6 is 0 Å². The Morgan fingerprint density at radius 2 is 0.783 bits per heavy atom. The molecule has 0 unspecified atom stereocenters. The molecule has 0 atom stereocenters. The van der Waals surface area contributed by atoms with E-state index in [9.17, 15) is 34.5 Å². The largest absolute Gasteiger partial charge is 0.673 e. The molecule has 4 aromatic rings. The molecule has 0 saturated carbocycles. The molecule has 0 N–H and O–H groups in total. The summed E-state index contributed by atoms with van der Waals surface area (Å²) in [6, 6.07) is 17.1.